The molecule has 2 aromatic rings. The van der Waals surface area contributed by atoms with Crippen LogP contribution in [0.25, 0.3) is 0 Å². The number of nitrogens with one attached hydrogen (secondary N) is 1. The second kappa shape index (κ2) is 10.6. The first-order valence-corrected chi connectivity index (χ1v) is 10.0. The predicted molar refractivity (Wildman–Crippen MR) is 107 cm³/mol. The zero-order valence-electron chi connectivity index (χ0n) is 14.8. The third kappa shape index (κ3) is 6.31. The van der Waals surface area contributed by atoms with Crippen LogP contribution in [0.3, 0.4) is 0 Å². The molecule has 0 bridgehead atoms. The molecule has 5 nitrogen and oxygen atoms in total. The molecule has 0 saturated heterocycles. The van der Waals surface area contributed by atoms with Gasteiger partial charge in [-0.1, -0.05) is 29.8 Å². The van der Waals surface area contributed by atoms with Gasteiger partial charge in [-0.25, -0.2) is 4.79 Å². The number of thioether (sulfide) groups is 1. The summed E-state index contributed by atoms with van der Waals surface area (Å²) < 4.78 is 5.35. The van der Waals surface area contributed by atoms with Gasteiger partial charge in [0.25, 0.3) is 5.91 Å². The number of benzene rings is 2. The molecule has 140 valence electrons. The van der Waals surface area contributed by atoms with Gasteiger partial charge in [-0.05, 0) is 48.8 Å². The van der Waals surface area contributed by atoms with Crippen LogP contribution in [0, 0.1) is 11.3 Å². The average molecular weight is 403 g/mol. The van der Waals surface area contributed by atoms with Crippen molar-refractivity contribution in [1.82, 2.24) is 5.32 Å². The summed E-state index contributed by atoms with van der Waals surface area (Å²) in [5, 5.41) is 12.4. The van der Waals surface area contributed by atoms with E-state index in [1.54, 1.807) is 60.3 Å². The first-order valence-electron chi connectivity index (χ1n) is 8.25. The third-order valence-electron chi connectivity index (χ3n) is 3.81. The molecule has 0 aliphatic heterocycles. The Hall–Kier alpha value is -2.49. The molecule has 0 unspecified atom stereocenters. The minimum absolute atomic E-state index is 0.0187. The van der Waals surface area contributed by atoms with Gasteiger partial charge in [0.15, 0.2) is 0 Å². The van der Waals surface area contributed by atoms with Gasteiger partial charge < -0.3 is 10.1 Å². The van der Waals surface area contributed by atoms with E-state index in [1.165, 1.54) is 0 Å². The van der Waals surface area contributed by atoms with Crippen LogP contribution in [-0.4, -0.2) is 29.9 Å². The predicted octanol–water partition coefficient (Wildman–Crippen LogP) is 3.81. The maximum atomic E-state index is 12.5. The standard InChI is InChI=1S/C20H19ClN2O3S/c1-27-11-10-18(23-19(24)14-6-8-17(21)9-7-14)20(25)26-13-16-5-3-2-4-15(16)12-22/h2-9,18H,10-11,13H2,1H3,(H,23,24)/t18-/m1/s1. The van der Waals surface area contributed by atoms with Crippen molar-refractivity contribution in [3.8, 4) is 6.07 Å². The Balaban J connectivity index is 2.03. The smallest absolute Gasteiger partial charge is 0.329 e. The van der Waals surface area contributed by atoms with E-state index in [0.717, 1.165) is 0 Å². The van der Waals surface area contributed by atoms with Crippen molar-refractivity contribution in [3.63, 3.8) is 0 Å². The summed E-state index contributed by atoms with van der Waals surface area (Å²) in [5.41, 5.74) is 1.49. The summed E-state index contributed by atoms with van der Waals surface area (Å²) >= 11 is 7.41. The molecule has 0 aliphatic rings. The van der Waals surface area contributed by atoms with Crippen molar-refractivity contribution in [1.29, 1.82) is 5.26 Å². The molecule has 7 heteroatoms. The van der Waals surface area contributed by atoms with Gasteiger partial charge in [-0.2, -0.15) is 17.0 Å². The number of ether oxygens (including phenoxy) is 1. The highest BCUT2D eigenvalue weighted by atomic mass is 35.5. The lowest BCUT2D eigenvalue weighted by molar-refractivity contribution is -0.147. The van der Waals surface area contributed by atoms with Crippen molar-refractivity contribution in [2.45, 2.75) is 19.1 Å². The molecule has 0 radical (unpaired) electrons. The Bertz CT molecular complexity index is 834. The summed E-state index contributed by atoms with van der Waals surface area (Å²) in [5.74, 6) is -0.207. The first-order chi connectivity index (χ1) is 13.0. The molecule has 2 aromatic carbocycles. The second-order valence-electron chi connectivity index (χ2n) is 5.69. The molecule has 1 amide bonds. The molecule has 0 aliphatic carbocycles. The highest BCUT2D eigenvalue weighted by molar-refractivity contribution is 7.98. The zero-order chi connectivity index (χ0) is 19.6. The van der Waals surface area contributed by atoms with Crippen LogP contribution >= 0.6 is 23.4 Å². The number of carbonyl (C=O) groups excluding carboxylic acids is 2. The maximum absolute atomic E-state index is 12.5. The number of nitrogens with zero attached hydrogens (tertiary/aromatic N) is 1. The van der Waals surface area contributed by atoms with Gasteiger partial charge >= 0.3 is 5.97 Å². The molecule has 0 heterocycles. The normalized spacial score (nSPS) is 11.3. The van der Waals surface area contributed by atoms with Crippen LogP contribution in [0.1, 0.15) is 27.9 Å². The van der Waals surface area contributed by atoms with Gasteiger partial charge in [-0.15, -0.1) is 0 Å². The minimum atomic E-state index is -0.769. The van der Waals surface area contributed by atoms with Crippen molar-refractivity contribution in [2.75, 3.05) is 12.0 Å². The first kappa shape index (κ1) is 20.8. The van der Waals surface area contributed by atoms with Gasteiger partial charge in [0, 0.05) is 16.1 Å². The number of esters is 1. The molecule has 0 spiro atoms. The van der Waals surface area contributed by atoms with Crippen molar-refractivity contribution in [2.24, 2.45) is 0 Å². The zero-order valence-corrected chi connectivity index (χ0v) is 16.3. The topological polar surface area (TPSA) is 79.2 Å². The number of hydrogen-bond donors (Lipinski definition) is 1. The van der Waals surface area contributed by atoms with E-state index in [0.29, 0.717) is 33.9 Å². The monoisotopic (exact) mass is 402 g/mol. The lowest BCUT2D eigenvalue weighted by atomic mass is 10.1. The van der Waals surface area contributed by atoms with E-state index in [-0.39, 0.29) is 12.5 Å². The van der Waals surface area contributed by atoms with Crippen LogP contribution in [0.2, 0.25) is 5.02 Å². The molecule has 2 rings (SSSR count). The number of amides is 1. The Morgan fingerprint density at radius 1 is 1.22 bits per heavy atom. The number of halogens is 1. The molecular formula is C20H19ClN2O3S. The lowest BCUT2D eigenvalue weighted by Gasteiger charge is -2.17. The molecule has 0 saturated carbocycles. The van der Waals surface area contributed by atoms with E-state index in [1.807, 2.05) is 6.26 Å². The van der Waals surface area contributed by atoms with E-state index >= 15 is 0 Å². The number of carbonyl (C=O) groups is 2. The Labute approximate surface area is 167 Å². The Morgan fingerprint density at radius 3 is 2.59 bits per heavy atom. The average Bonchev–Trinajstić information content (AvgIpc) is 2.69. The van der Waals surface area contributed by atoms with E-state index < -0.39 is 12.0 Å². The van der Waals surface area contributed by atoms with Crippen LogP contribution in [0.4, 0.5) is 0 Å². The van der Waals surface area contributed by atoms with Crippen LogP contribution in [0.15, 0.2) is 48.5 Å². The molecule has 27 heavy (non-hydrogen) atoms. The number of rotatable bonds is 8. The molecule has 0 fully saturated rings. The quantitative estimate of drug-likeness (QED) is 0.679. The van der Waals surface area contributed by atoms with Gasteiger partial charge in [0.2, 0.25) is 0 Å². The van der Waals surface area contributed by atoms with Crippen LogP contribution < -0.4 is 5.32 Å². The Morgan fingerprint density at radius 2 is 1.93 bits per heavy atom. The summed E-state index contributed by atoms with van der Waals surface area (Å²) in [7, 11) is 0. The van der Waals surface area contributed by atoms with Crippen LogP contribution in [0.5, 0.6) is 0 Å². The van der Waals surface area contributed by atoms with Crippen molar-refractivity contribution >= 4 is 35.2 Å². The van der Waals surface area contributed by atoms with Crippen molar-refractivity contribution in [3.05, 3.63) is 70.2 Å². The van der Waals surface area contributed by atoms with Gasteiger partial charge in [0.05, 0.1) is 11.6 Å². The highest BCUT2D eigenvalue weighted by Gasteiger charge is 2.23. The highest BCUT2D eigenvalue weighted by Crippen LogP contribution is 2.12. The van der Waals surface area contributed by atoms with Gasteiger partial charge in [0.1, 0.15) is 12.6 Å². The summed E-state index contributed by atoms with van der Waals surface area (Å²) in [4.78, 5) is 24.9. The van der Waals surface area contributed by atoms with E-state index in [4.69, 9.17) is 21.6 Å². The third-order valence-corrected chi connectivity index (χ3v) is 4.71. The fourth-order valence-electron chi connectivity index (χ4n) is 2.33. The Kier molecular flexibility index (Phi) is 8.18. The molecule has 1 atom stereocenters. The van der Waals surface area contributed by atoms with Crippen LogP contribution in [-0.2, 0) is 16.1 Å². The minimum Gasteiger partial charge on any atom is -0.459 e. The second-order valence-corrected chi connectivity index (χ2v) is 7.11. The maximum Gasteiger partial charge on any atom is 0.329 e. The van der Waals surface area contributed by atoms with Gasteiger partial charge in [-0.3, -0.25) is 4.79 Å². The summed E-state index contributed by atoms with van der Waals surface area (Å²) in [6.07, 6.45) is 2.37. The number of hydrogen-bond acceptors (Lipinski definition) is 5. The molecule has 1 N–H and O–H groups in total. The largest absolute Gasteiger partial charge is 0.459 e. The summed E-state index contributed by atoms with van der Waals surface area (Å²) in [6.45, 7) is -0.0187. The van der Waals surface area contributed by atoms with E-state index in [9.17, 15) is 9.59 Å². The fourth-order valence-corrected chi connectivity index (χ4v) is 2.93. The number of nitriles is 1. The molecule has 0 aromatic heterocycles. The SMILES string of the molecule is CSCC[C@@H](NC(=O)c1ccc(Cl)cc1)C(=O)OCc1ccccc1C#N. The van der Waals surface area contributed by atoms with E-state index in [2.05, 4.69) is 11.4 Å². The lowest BCUT2D eigenvalue weighted by Crippen LogP contribution is -2.42. The summed E-state index contributed by atoms with van der Waals surface area (Å²) in [6, 6.07) is 14.6. The fraction of sp³-hybridized carbons (Fsp3) is 0.250. The van der Waals surface area contributed by atoms with Crippen molar-refractivity contribution < 1.29 is 14.3 Å². The molecular weight excluding hydrogens is 384 g/mol.